The highest BCUT2D eigenvalue weighted by Gasteiger charge is 2.53. The number of hydrogen-bond acceptors (Lipinski definition) is 5. The summed E-state index contributed by atoms with van der Waals surface area (Å²) in [5, 5.41) is 2.79. The summed E-state index contributed by atoms with van der Waals surface area (Å²) in [6.07, 6.45) is 2.66. The van der Waals surface area contributed by atoms with E-state index in [4.69, 9.17) is 4.74 Å². The van der Waals surface area contributed by atoms with E-state index in [-0.39, 0.29) is 33.4 Å². The number of rotatable bonds is 7. The van der Waals surface area contributed by atoms with Crippen molar-refractivity contribution in [1.82, 2.24) is 9.62 Å². The van der Waals surface area contributed by atoms with Crippen molar-refractivity contribution in [1.29, 1.82) is 0 Å². The lowest BCUT2D eigenvalue weighted by Gasteiger charge is -2.39. The molecule has 3 atom stereocenters. The molecule has 1 N–H and O–H groups in total. The predicted octanol–water partition coefficient (Wildman–Crippen LogP) is 4.31. The molecule has 1 amide bonds. The largest absolute Gasteiger partial charge is 0.452 e. The van der Waals surface area contributed by atoms with Crippen LogP contribution < -0.4 is 5.32 Å². The normalized spacial score (nSPS) is 24.5. The van der Waals surface area contributed by atoms with Crippen molar-refractivity contribution in [2.75, 3.05) is 13.2 Å². The van der Waals surface area contributed by atoms with E-state index < -0.39 is 28.5 Å². The van der Waals surface area contributed by atoms with E-state index in [0.29, 0.717) is 6.54 Å². The maximum atomic E-state index is 13.5. The van der Waals surface area contributed by atoms with E-state index in [0.717, 1.165) is 24.8 Å². The second-order valence-electron chi connectivity index (χ2n) is 11.1. The van der Waals surface area contributed by atoms with Crippen LogP contribution in [0.2, 0.25) is 0 Å². The zero-order valence-corrected chi connectivity index (χ0v) is 21.6. The summed E-state index contributed by atoms with van der Waals surface area (Å²) in [7, 11) is -3.77. The van der Waals surface area contributed by atoms with Crippen LogP contribution in [0.3, 0.4) is 0 Å². The number of carbonyl (C=O) groups excluding carboxylic acids is 2. The van der Waals surface area contributed by atoms with Crippen LogP contribution in [0.15, 0.2) is 59.5 Å². The summed E-state index contributed by atoms with van der Waals surface area (Å²) in [6.45, 7) is 8.43. The summed E-state index contributed by atoms with van der Waals surface area (Å²) >= 11 is 0. The van der Waals surface area contributed by atoms with Crippen LogP contribution in [-0.4, -0.2) is 43.8 Å². The molecule has 8 heteroatoms. The second-order valence-corrected chi connectivity index (χ2v) is 13.0. The number of ether oxygens (including phenoxy) is 1. The van der Waals surface area contributed by atoms with Gasteiger partial charge in [0.05, 0.1) is 16.5 Å². The molecule has 2 aromatic rings. The molecule has 1 saturated heterocycles. The lowest BCUT2D eigenvalue weighted by atomic mass is 9.65. The van der Waals surface area contributed by atoms with Gasteiger partial charge in [-0.3, -0.25) is 4.79 Å². The minimum atomic E-state index is -3.77. The van der Waals surface area contributed by atoms with E-state index in [1.54, 1.807) is 4.31 Å². The van der Waals surface area contributed by atoms with Gasteiger partial charge in [0.2, 0.25) is 10.0 Å². The molecule has 3 unspecified atom stereocenters. The van der Waals surface area contributed by atoms with Crippen LogP contribution in [0.1, 0.15) is 68.9 Å². The highest BCUT2D eigenvalue weighted by molar-refractivity contribution is 7.89. The van der Waals surface area contributed by atoms with E-state index in [2.05, 4.69) is 26.1 Å². The third-order valence-corrected chi connectivity index (χ3v) is 8.95. The summed E-state index contributed by atoms with van der Waals surface area (Å²) in [6, 6.07) is 15.1. The number of hydrogen-bond donors (Lipinski definition) is 1. The molecule has 1 aliphatic carbocycles. The molecule has 35 heavy (non-hydrogen) atoms. The Kier molecular flexibility index (Phi) is 6.81. The Balaban J connectivity index is 1.41. The first kappa shape index (κ1) is 25.4. The van der Waals surface area contributed by atoms with Crippen molar-refractivity contribution < 1.29 is 22.7 Å². The predicted molar refractivity (Wildman–Crippen MR) is 133 cm³/mol. The van der Waals surface area contributed by atoms with Crippen molar-refractivity contribution in [3.8, 4) is 0 Å². The van der Waals surface area contributed by atoms with Gasteiger partial charge in [0.25, 0.3) is 5.91 Å². The minimum absolute atomic E-state index is 0.0414. The molecular weight excluding hydrogens is 464 g/mol. The maximum absolute atomic E-state index is 13.5. The summed E-state index contributed by atoms with van der Waals surface area (Å²) in [4.78, 5) is 24.9. The number of esters is 1. The van der Waals surface area contributed by atoms with Gasteiger partial charge in [0.15, 0.2) is 6.61 Å². The highest BCUT2D eigenvalue weighted by Crippen LogP contribution is 2.53. The Labute approximate surface area is 207 Å². The Bertz CT molecular complexity index is 1210. The fraction of sp³-hybridized carbons (Fsp3) is 0.481. The van der Waals surface area contributed by atoms with Gasteiger partial charge >= 0.3 is 5.97 Å². The molecule has 0 radical (unpaired) electrons. The third-order valence-electron chi connectivity index (χ3n) is 7.05. The van der Waals surface area contributed by atoms with Crippen molar-refractivity contribution in [3.63, 3.8) is 0 Å². The van der Waals surface area contributed by atoms with Gasteiger partial charge in [-0.05, 0) is 60.8 Å². The fourth-order valence-corrected chi connectivity index (χ4v) is 7.75. The minimum Gasteiger partial charge on any atom is -0.452 e. The molecular formula is C27H34N2O5S. The van der Waals surface area contributed by atoms with Crippen LogP contribution in [-0.2, 0) is 19.6 Å². The summed E-state index contributed by atoms with van der Waals surface area (Å²) < 4.78 is 33.9. The second kappa shape index (κ2) is 9.39. The topological polar surface area (TPSA) is 92.8 Å². The Morgan fingerprint density at radius 2 is 1.80 bits per heavy atom. The number of sulfonamides is 1. The Morgan fingerprint density at radius 1 is 1.09 bits per heavy atom. The first-order valence-electron chi connectivity index (χ1n) is 12.0. The van der Waals surface area contributed by atoms with Gasteiger partial charge in [0.1, 0.15) is 0 Å². The molecule has 2 aliphatic rings. The molecule has 1 heterocycles. The molecule has 1 saturated carbocycles. The monoisotopic (exact) mass is 498 g/mol. The molecule has 2 bridgehead atoms. The van der Waals surface area contributed by atoms with Crippen LogP contribution in [0.4, 0.5) is 0 Å². The van der Waals surface area contributed by atoms with Crippen molar-refractivity contribution >= 4 is 21.9 Å². The quantitative estimate of drug-likeness (QED) is 0.574. The van der Waals surface area contributed by atoms with Gasteiger partial charge in [-0.1, -0.05) is 57.2 Å². The number of carbonyl (C=O) groups is 2. The molecule has 7 nitrogen and oxygen atoms in total. The van der Waals surface area contributed by atoms with Crippen molar-refractivity contribution in [2.24, 2.45) is 10.8 Å². The summed E-state index contributed by atoms with van der Waals surface area (Å²) in [5.41, 5.74) is 1.09. The van der Waals surface area contributed by atoms with Gasteiger partial charge in [-0.15, -0.1) is 0 Å². The summed E-state index contributed by atoms with van der Waals surface area (Å²) in [5.74, 6) is -1.17. The van der Waals surface area contributed by atoms with Crippen molar-refractivity contribution in [2.45, 2.75) is 63.9 Å². The number of nitrogens with one attached hydrogen (secondary N) is 1. The number of amides is 1. The zero-order valence-electron chi connectivity index (χ0n) is 20.8. The average molecular weight is 499 g/mol. The van der Waals surface area contributed by atoms with Crippen LogP contribution in [0.5, 0.6) is 0 Å². The fourth-order valence-electron chi connectivity index (χ4n) is 5.93. The molecule has 188 valence electrons. The number of fused-ring (bicyclic) bond motifs is 2. The molecule has 2 fully saturated rings. The van der Waals surface area contributed by atoms with Crippen LogP contribution >= 0.6 is 0 Å². The smallest absolute Gasteiger partial charge is 0.338 e. The highest BCUT2D eigenvalue weighted by atomic mass is 32.2. The van der Waals surface area contributed by atoms with E-state index in [9.17, 15) is 18.0 Å². The van der Waals surface area contributed by atoms with Crippen LogP contribution in [0, 0.1) is 10.8 Å². The standard InChI is InChI=1S/C27H34N2O5S/c1-19(20-9-6-5-7-10-20)28-24(30)16-34-25(31)21-11-8-12-23(13-21)35(32,33)29-18-27(4)15-22(29)14-26(2,3)17-27/h5-13,19,22H,14-18H2,1-4H3,(H,28,30). The lowest BCUT2D eigenvalue weighted by molar-refractivity contribution is -0.124. The third kappa shape index (κ3) is 5.59. The van der Waals surface area contributed by atoms with Gasteiger partial charge in [-0.25, -0.2) is 13.2 Å². The van der Waals surface area contributed by atoms with E-state index >= 15 is 0 Å². The lowest BCUT2D eigenvalue weighted by Crippen LogP contribution is -2.37. The molecule has 0 aromatic heterocycles. The molecule has 1 aliphatic heterocycles. The van der Waals surface area contributed by atoms with Crippen LogP contribution in [0.25, 0.3) is 0 Å². The first-order valence-corrected chi connectivity index (χ1v) is 13.5. The number of benzene rings is 2. The van der Waals surface area contributed by atoms with E-state index in [1.165, 1.54) is 24.3 Å². The zero-order chi connectivity index (χ0) is 25.4. The van der Waals surface area contributed by atoms with Gasteiger partial charge in [-0.2, -0.15) is 4.31 Å². The molecule has 0 spiro atoms. The molecule has 2 aromatic carbocycles. The molecule has 4 rings (SSSR count). The van der Waals surface area contributed by atoms with Crippen molar-refractivity contribution in [3.05, 3.63) is 65.7 Å². The van der Waals surface area contributed by atoms with Gasteiger partial charge < -0.3 is 10.1 Å². The SMILES string of the molecule is CC(NC(=O)COC(=O)c1cccc(S(=O)(=O)N2CC3(C)CC2CC(C)(C)C3)c1)c1ccccc1. The number of nitrogens with zero attached hydrogens (tertiary/aromatic N) is 1. The Hall–Kier alpha value is -2.71. The first-order chi connectivity index (χ1) is 16.4. The average Bonchev–Trinajstić information content (AvgIpc) is 3.07. The van der Waals surface area contributed by atoms with E-state index in [1.807, 2.05) is 37.3 Å². The van der Waals surface area contributed by atoms with Gasteiger partial charge in [0, 0.05) is 12.6 Å². The Morgan fingerprint density at radius 3 is 2.51 bits per heavy atom. The maximum Gasteiger partial charge on any atom is 0.338 e.